The molecule has 0 saturated carbocycles. The van der Waals surface area contributed by atoms with Gasteiger partial charge in [-0.1, -0.05) is 0 Å². The van der Waals surface area contributed by atoms with Crippen LogP contribution in [0.5, 0.6) is 0 Å². The quantitative estimate of drug-likeness (QED) is 0.738. The predicted octanol–water partition coefficient (Wildman–Crippen LogP) is 1.09. The van der Waals surface area contributed by atoms with Gasteiger partial charge in [0.15, 0.2) is 0 Å². The van der Waals surface area contributed by atoms with Crippen molar-refractivity contribution in [2.75, 3.05) is 46.1 Å². The first-order valence-electron chi connectivity index (χ1n) is 6.58. The molecule has 98 valence electrons. The van der Waals surface area contributed by atoms with Gasteiger partial charge in [-0.05, 0) is 25.2 Å². The zero-order valence-corrected chi connectivity index (χ0v) is 10.7. The highest BCUT2D eigenvalue weighted by Crippen LogP contribution is 2.35. The highest BCUT2D eigenvalue weighted by Gasteiger charge is 2.35. The third kappa shape index (κ3) is 3.76. The molecule has 0 spiro atoms. The number of carbonyl (C=O) groups is 1. The van der Waals surface area contributed by atoms with Crippen LogP contribution in [0.15, 0.2) is 0 Å². The molecule has 2 aliphatic heterocycles. The fraction of sp³-hybridized carbons (Fsp3) is 0.923. The second kappa shape index (κ2) is 5.94. The summed E-state index contributed by atoms with van der Waals surface area (Å²) in [6.07, 6.45) is 2.74. The Morgan fingerprint density at radius 2 is 1.71 bits per heavy atom. The van der Waals surface area contributed by atoms with Gasteiger partial charge in [0.05, 0.1) is 13.2 Å². The van der Waals surface area contributed by atoms with Crippen LogP contribution in [-0.4, -0.2) is 56.7 Å². The molecule has 2 saturated heterocycles. The molecule has 2 rings (SSSR count). The molecule has 0 aromatic rings. The molecule has 2 aliphatic rings. The van der Waals surface area contributed by atoms with Gasteiger partial charge in [-0.2, -0.15) is 0 Å². The van der Waals surface area contributed by atoms with E-state index in [1.165, 1.54) is 0 Å². The molecule has 0 aromatic carbocycles. The van der Waals surface area contributed by atoms with Gasteiger partial charge in [0.25, 0.3) is 0 Å². The summed E-state index contributed by atoms with van der Waals surface area (Å²) >= 11 is 0. The summed E-state index contributed by atoms with van der Waals surface area (Å²) in [6.45, 7) is 7.99. The van der Waals surface area contributed by atoms with Crippen molar-refractivity contribution in [2.45, 2.75) is 26.2 Å². The summed E-state index contributed by atoms with van der Waals surface area (Å²) < 4.78 is 10.8. The van der Waals surface area contributed by atoms with Crippen molar-refractivity contribution in [2.24, 2.45) is 5.41 Å². The van der Waals surface area contributed by atoms with Crippen molar-refractivity contribution in [3.63, 3.8) is 0 Å². The maximum absolute atomic E-state index is 11.5. The van der Waals surface area contributed by atoms with E-state index in [1.54, 1.807) is 6.92 Å². The van der Waals surface area contributed by atoms with E-state index in [0.29, 0.717) is 12.2 Å². The van der Waals surface area contributed by atoms with Crippen LogP contribution >= 0.6 is 0 Å². The Bertz CT molecular complexity index is 255. The van der Waals surface area contributed by atoms with Crippen molar-refractivity contribution in [1.82, 2.24) is 4.90 Å². The van der Waals surface area contributed by atoms with Gasteiger partial charge in [-0.3, -0.25) is 4.90 Å². The number of hydrogen-bond donors (Lipinski definition) is 0. The molecule has 0 amide bonds. The lowest BCUT2D eigenvalue weighted by Gasteiger charge is -2.41. The minimum absolute atomic E-state index is 0.154. The summed E-state index contributed by atoms with van der Waals surface area (Å²) in [5.41, 5.74) is 0.154. The van der Waals surface area contributed by atoms with Crippen molar-refractivity contribution in [3.05, 3.63) is 0 Å². The number of Topliss-reactive ketones (excluding diaryl/α,β-unsaturated/α-hetero) is 1. The van der Waals surface area contributed by atoms with Crippen molar-refractivity contribution < 1.29 is 14.3 Å². The summed E-state index contributed by atoms with van der Waals surface area (Å²) in [4.78, 5) is 13.9. The van der Waals surface area contributed by atoms with Gasteiger partial charge in [-0.25, -0.2) is 0 Å². The average molecular weight is 241 g/mol. The smallest absolute Gasteiger partial charge is 0.130 e. The van der Waals surface area contributed by atoms with E-state index in [2.05, 4.69) is 4.90 Å². The second-order valence-corrected chi connectivity index (χ2v) is 5.38. The zero-order chi connectivity index (χ0) is 12.1. The predicted molar refractivity (Wildman–Crippen MR) is 65.0 cm³/mol. The Balaban J connectivity index is 1.95. The maximum Gasteiger partial charge on any atom is 0.130 e. The van der Waals surface area contributed by atoms with Crippen LogP contribution in [0.25, 0.3) is 0 Å². The number of ketones is 1. The molecule has 2 fully saturated rings. The molecule has 4 heteroatoms. The first-order valence-corrected chi connectivity index (χ1v) is 6.58. The Morgan fingerprint density at radius 3 is 2.29 bits per heavy atom. The van der Waals surface area contributed by atoms with Crippen molar-refractivity contribution >= 4 is 5.78 Å². The van der Waals surface area contributed by atoms with Crippen LogP contribution in [0.2, 0.25) is 0 Å². The normalized spacial score (nSPS) is 25.7. The van der Waals surface area contributed by atoms with Crippen molar-refractivity contribution in [3.8, 4) is 0 Å². The molecule has 4 nitrogen and oxygen atoms in total. The van der Waals surface area contributed by atoms with Gasteiger partial charge in [0.2, 0.25) is 0 Å². The first-order chi connectivity index (χ1) is 8.20. The molecular weight excluding hydrogens is 218 g/mol. The highest BCUT2D eigenvalue weighted by molar-refractivity contribution is 5.76. The number of morpholine rings is 1. The lowest BCUT2D eigenvalue weighted by atomic mass is 9.75. The molecule has 0 aliphatic carbocycles. The molecule has 0 atom stereocenters. The van der Waals surface area contributed by atoms with E-state index in [9.17, 15) is 4.79 Å². The van der Waals surface area contributed by atoms with E-state index < -0.39 is 0 Å². The van der Waals surface area contributed by atoms with Crippen LogP contribution in [0.1, 0.15) is 26.2 Å². The van der Waals surface area contributed by atoms with Crippen LogP contribution in [0.4, 0.5) is 0 Å². The molecular formula is C13H23NO3. The number of carbonyl (C=O) groups excluding carboxylic acids is 1. The molecule has 0 radical (unpaired) electrons. The Hall–Kier alpha value is -0.450. The standard InChI is InChI=1S/C13H23NO3/c1-12(15)10-13(2-6-16-7-3-13)11-14-4-8-17-9-5-14/h2-11H2,1H3. The number of rotatable bonds is 4. The summed E-state index contributed by atoms with van der Waals surface area (Å²) in [7, 11) is 0. The average Bonchev–Trinajstić information content (AvgIpc) is 2.30. The summed E-state index contributed by atoms with van der Waals surface area (Å²) in [6, 6.07) is 0. The molecule has 0 aromatic heterocycles. The molecule has 0 bridgehead atoms. The second-order valence-electron chi connectivity index (χ2n) is 5.38. The maximum atomic E-state index is 11.5. The summed E-state index contributed by atoms with van der Waals surface area (Å²) in [5, 5.41) is 0. The number of nitrogens with zero attached hydrogens (tertiary/aromatic N) is 1. The van der Waals surface area contributed by atoms with Crippen LogP contribution < -0.4 is 0 Å². The largest absolute Gasteiger partial charge is 0.381 e. The third-order valence-electron chi connectivity index (χ3n) is 3.84. The first kappa shape index (κ1) is 13.0. The van der Waals surface area contributed by atoms with E-state index in [-0.39, 0.29) is 5.41 Å². The van der Waals surface area contributed by atoms with Gasteiger partial charge in [0, 0.05) is 39.3 Å². The molecule has 0 unspecified atom stereocenters. The van der Waals surface area contributed by atoms with E-state index in [0.717, 1.165) is 58.9 Å². The van der Waals surface area contributed by atoms with Gasteiger partial charge < -0.3 is 14.3 Å². The fourth-order valence-electron chi connectivity index (χ4n) is 2.96. The monoisotopic (exact) mass is 241 g/mol. The van der Waals surface area contributed by atoms with Gasteiger partial charge in [0.1, 0.15) is 5.78 Å². The van der Waals surface area contributed by atoms with E-state index in [1.807, 2.05) is 0 Å². The molecule has 0 N–H and O–H groups in total. The Labute approximate surface area is 103 Å². The van der Waals surface area contributed by atoms with E-state index in [4.69, 9.17) is 9.47 Å². The Morgan fingerprint density at radius 1 is 1.12 bits per heavy atom. The third-order valence-corrected chi connectivity index (χ3v) is 3.84. The molecule has 17 heavy (non-hydrogen) atoms. The molecule has 2 heterocycles. The minimum Gasteiger partial charge on any atom is -0.381 e. The van der Waals surface area contributed by atoms with Crippen LogP contribution in [0, 0.1) is 5.41 Å². The van der Waals surface area contributed by atoms with E-state index >= 15 is 0 Å². The summed E-state index contributed by atoms with van der Waals surface area (Å²) in [5.74, 6) is 0.306. The van der Waals surface area contributed by atoms with Crippen molar-refractivity contribution in [1.29, 1.82) is 0 Å². The number of hydrogen-bond acceptors (Lipinski definition) is 4. The fourth-order valence-corrected chi connectivity index (χ4v) is 2.96. The number of ether oxygens (including phenoxy) is 2. The lowest BCUT2D eigenvalue weighted by Crippen LogP contribution is -2.46. The van der Waals surface area contributed by atoms with Gasteiger partial charge >= 0.3 is 0 Å². The van der Waals surface area contributed by atoms with Crippen LogP contribution in [-0.2, 0) is 14.3 Å². The van der Waals surface area contributed by atoms with Crippen LogP contribution in [0.3, 0.4) is 0 Å². The SMILES string of the molecule is CC(=O)CC1(CN2CCOCC2)CCOCC1. The zero-order valence-electron chi connectivity index (χ0n) is 10.7. The Kier molecular flexibility index (Phi) is 4.54. The lowest BCUT2D eigenvalue weighted by molar-refractivity contribution is -0.122. The topological polar surface area (TPSA) is 38.8 Å². The highest BCUT2D eigenvalue weighted by atomic mass is 16.5. The van der Waals surface area contributed by atoms with Gasteiger partial charge in [-0.15, -0.1) is 0 Å². The minimum atomic E-state index is 0.154.